The van der Waals surface area contributed by atoms with Gasteiger partial charge in [0.15, 0.2) is 0 Å². The van der Waals surface area contributed by atoms with Crippen molar-refractivity contribution in [3.8, 4) is 22.5 Å². The van der Waals surface area contributed by atoms with Gasteiger partial charge in [0.1, 0.15) is 11.6 Å². The number of anilines is 3. The molecular formula is C32H25N3O4. The lowest BCUT2D eigenvalue weighted by molar-refractivity contribution is 0.0601. The Hall–Kier alpha value is -5.30. The van der Waals surface area contributed by atoms with Crippen molar-refractivity contribution in [3.05, 3.63) is 126 Å². The quantitative estimate of drug-likeness (QED) is 0.219. The van der Waals surface area contributed by atoms with E-state index in [2.05, 4.69) is 0 Å². The van der Waals surface area contributed by atoms with Gasteiger partial charge in [-0.15, -0.1) is 0 Å². The van der Waals surface area contributed by atoms with E-state index in [0.29, 0.717) is 23.0 Å². The van der Waals surface area contributed by atoms with Crippen LogP contribution in [0.4, 0.5) is 17.3 Å². The summed E-state index contributed by atoms with van der Waals surface area (Å²) in [5.74, 6) is -0.315. The second-order valence-electron chi connectivity index (χ2n) is 8.51. The van der Waals surface area contributed by atoms with Gasteiger partial charge < -0.3 is 9.47 Å². The van der Waals surface area contributed by atoms with E-state index in [9.17, 15) is 9.59 Å². The fourth-order valence-electron chi connectivity index (χ4n) is 4.32. The zero-order valence-electron chi connectivity index (χ0n) is 21.4. The van der Waals surface area contributed by atoms with Crippen LogP contribution in [0.25, 0.3) is 22.5 Å². The molecule has 3 aromatic carbocycles. The fraction of sp³-hybridized carbons (Fsp3) is 0.0625. The highest BCUT2D eigenvalue weighted by Crippen LogP contribution is 2.39. The number of esters is 2. The number of benzene rings is 3. The third-order valence-corrected chi connectivity index (χ3v) is 6.14. The molecule has 39 heavy (non-hydrogen) atoms. The number of hydrogen-bond acceptors (Lipinski definition) is 7. The lowest BCUT2D eigenvalue weighted by atomic mass is 10.0. The highest BCUT2D eigenvalue weighted by molar-refractivity contribution is 6.07. The van der Waals surface area contributed by atoms with Crippen LogP contribution < -0.4 is 4.90 Å². The topological polar surface area (TPSA) is 81.6 Å². The first-order chi connectivity index (χ1) is 19.1. The Labute approximate surface area is 226 Å². The summed E-state index contributed by atoms with van der Waals surface area (Å²) in [4.78, 5) is 37.6. The van der Waals surface area contributed by atoms with Crippen LogP contribution in [0.15, 0.2) is 115 Å². The Bertz CT molecular complexity index is 1500. The lowest BCUT2D eigenvalue weighted by Gasteiger charge is -2.27. The zero-order chi connectivity index (χ0) is 27.2. The molecule has 0 fully saturated rings. The van der Waals surface area contributed by atoms with Gasteiger partial charge in [-0.3, -0.25) is 4.90 Å². The number of carbonyl (C=O) groups excluding carboxylic acids is 2. The molecular weight excluding hydrogens is 490 g/mol. The van der Waals surface area contributed by atoms with Crippen LogP contribution >= 0.6 is 0 Å². The van der Waals surface area contributed by atoms with E-state index in [-0.39, 0.29) is 16.8 Å². The van der Waals surface area contributed by atoms with Crippen LogP contribution in [-0.2, 0) is 9.47 Å². The number of rotatable bonds is 7. The smallest absolute Gasteiger partial charge is 0.340 e. The van der Waals surface area contributed by atoms with E-state index >= 15 is 0 Å². The molecule has 0 spiro atoms. The van der Waals surface area contributed by atoms with Gasteiger partial charge in [-0.2, -0.15) is 0 Å². The predicted octanol–water partition coefficient (Wildman–Crippen LogP) is 6.85. The average molecular weight is 516 g/mol. The van der Waals surface area contributed by atoms with E-state index in [1.807, 2.05) is 84.9 Å². The molecule has 0 bridgehead atoms. The van der Waals surface area contributed by atoms with Gasteiger partial charge in [-0.05, 0) is 36.4 Å². The van der Waals surface area contributed by atoms with Crippen LogP contribution in [0, 0.1) is 0 Å². The van der Waals surface area contributed by atoms with Gasteiger partial charge in [-0.1, -0.05) is 78.9 Å². The van der Waals surface area contributed by atoms with E-state index in [4.69, 9.17) is 19.4 Å². The maximum atomic E-state index is 13.0. The van der Waals surface area contributed by atoms with Crippen LogP contribution in [0.5, 0.6) is 0 Å². The zero-order valence-corrected chi connectivity index (χ0v) is 21.4. The second-order valence-corrected chi connectivity index (χ2v) is 8.51. The molecule has 5 aromatic rings. The SMILES string of the molecule is COC(=O)c1cccc(C(=O)OC)c1N(c1cccc(-c2ccccc2)n1)c1cccc(-c2ccccc2)n1. The van der Waals surface area contributed by atoms with Crippen molar-refractivity contribution in [2.24, 2.45) is 0 Å². The molecule has 0 aliphatic rings. The molecule has 0 radical (unpaired) electrons. The number of pyridine rings is 2. The van der Waals surface area contributed by atoms with Gasteiger partial charge in [0.2, 0.25) is 0 Å². The maximum absolute atomic E-state index is 13.0. The largest absolute Gasteiger partial charge is 0.465 e. The molecule has 0 amide bonds. The Morgan fingerprint density at radius 1 is 0.538 bits per heavy atom. The summed E-state index contributed by atoms with van der Waals surface area (Å²) in [6.07, 6.45) is 0. The molecule has 5 rings (SSSR count). The maximum Gasteiger partial charge on any atom is 0.340 e. The van der Waals surface area contributed by atoms with Crippen LogP contribution in [0.3, 0.4) is 0 Å². The van der Waals surface area contributed by atoms with Crippen molar-refractivity contribution in [2.45, 2.75) is 0 Å². The Morgan fingerprint density at radius 2 is 0.949 bits per heavy atom. The highest BCUT2D eigenvalue weighted by atomic mass is 16.5. The van der Waals surface area contributed by atoms with Gasteiger partial charge in [0, 0.05) is 11.1 Å². The molecule has 2 aromatic heterocycles. The molecule has 192 valence electrons. The van der Waals surface area contributed by atoms with Gasteiger partial charge in [-0.25, -0.2) is 19.6 Å². The molecule has 0 saturated heterocycles. The van der Waals surface area contributed by atoms with Crippen LogP contribution in [0.2, 0.25) is 0 Å². The monoisotopic (exact) mass is 515 g/mol. The summed E-state index contributed by atoms with van der Waals surface area (Å²) in [6, 6.07) is 35.5. The number of carbonyl (C=O) groups is 2. The molecule has 0 unspecified atom stereocenters. The fourth-order valence-corrected chi connectivity index (χ4v) is 4.32. The van der Waals surface area contributed by atoms with Crippen LogP contribution in [-0.4, -0.2) is 36.1 Å². The van der Waals surface area contributed by atoms with E-state index in [1.165, 1.54) is 14.2 Å². The van der Waals surface area contributed by atoms with Crippen molar-refractivity contribution < 1.29 is 19.1 Å². The lowest BCUT2D eigenvalue weighted by Crippen LogP contribution is -2.21. The number of hydrogen-bond donors (Lipinski definition) is 0. The Kier molecular flexibility index (Phi) is 7.41. The summed E-state index contributed by atoms with van der Waals surface area (Å²) in [5, 5.41) is 0. The van der Waals surface area contributed by atoms with E-state index in [1.54, 1.807) is 35.2 Å². The molecule has 0 saturated carbocycles. The van der Waals surface area contributed by atoms with Gasteiger partial charge in [0.05, 0.1) is 42.4 Å². The standard InChI is InChI=1S/C32H25N3O4/c1-38-31(36)24-16-9-17-25(32(37)39-2)30(24)35(28-20-10-18-26(33-28)22-12-5-3-6-13-22)29-21-11-19-27(34-29)23-14-7-4-8-15-23/h3-21H,1-2H3. The predicted molar refractivity (Wildman–Crippen MR) is 150 cm³/mol. The molecule has 2 heterocycles. The number of nitrogens with zero attached hydrogens (tertiary/aromatic N) is 3. The van der Waals surface area contributed by atoms with Crippen molar-refractivity contribution >= 4 is 29.3 Å². The van der Waals surface area contributed by atoms with Crippen molar-refractivity contribution in [2.75, 3.05) is 19.1 Å². The summed E-state index contributed by atoms with van der Waals surface area (Å²) in [7, 11) is 2.59. The summed E-state index contributed by atoms with van der Waals surface area (Å²) < 4.78 is 10.2. The summed E-state index contributed by atoms with van der Waals surface area (Å²) in [6.45, 7) is 0. The second kappa shape index (κ2) is 11.4. The van der Waals surface area contributed by atoms with Crippen molar-refractivity contribution in [3.63, 3.8) is 0 Å². The number of methoxy groups -OCH3 is 2. The molecule has 0 aliphatic heterocycles. The van der Waals surface area contributed by atoms with Crippen LogP contribution in [0.1, 0.15) is 20.7 Å². The first-order valence-corrected chi connectivity index (χ1v) is 12.3. The summed E-state index contributed by atoms with van der Waals surface area (Å²) in [5.41, 5.74) is 3.85. The van der Waals surface area contributed by atoms with Crippen molar-refractivity contribution in [1.29, 1.82) is 0 Å². The summed E-state index contributed by atoms with van der Waals surface area (Å²) >= 11 is 0. The average Bonchev–Trinajstić information content (AvgIpc) is 3.01. The minimum Gasteiger partial charge on any atom is -0.465 e. The van der Waals surface area contributed by atoms with Gasteiger partial charge in [0.25, 0.3) is 0 Å². The number of aromatic nitrogens is 2. The normalized spacial score (nSPS) is 10.5. The number of para-hydroxylation sites is 1. The van der Waals surface area contributed by atoms with Gasteiger partial charge >= 0.3 is 11.9 Å². The Balaban J connectivity index is 1.80. The first-order valence-electron chi connectivity index (χ1n) is 12.3. The Morgan fingerprint density at radius 3 is 1.36 bits per heavy atom. The van der Waals surface area contributed by atoms with E-state index < -0.39 is 11.9 Å². The highest BCUT2D eigenvalue weighted by Gasteiger charge is 2.28. The molecule has 0 atom stereocenters. The molecule has 7 nitrogen and oxygen atoms in total. The van der Waals surface area contributed by atoms with E-state index in [0.717, 1.165) is 11.1 Å². The number of ether oxygens (including phenoxy) is 2. The first kappa shape index (κ1) is 25.4. The van der Waals surface area contributed by atoms with Crippen molar-refractivity contribution in [1.82, 2.24) is 9.97 Å². The third kappa shape index (κ3) is 5.24. The molecule has 0 N–H and O–H groups in total. The minimum absolute atomic E-state index is 0.166. The molecule has 7 heteroatoms. The third-order valence-electron chi connectivity index (χ3n) is 6.14. The molecule has 0 aliphatic carbocycles. The minimum atomic E-state index is -0.612.